The largest absolute Gasteiger partial charge is 0.478 e. The van der Waals surface area contributed by atoms with E-state index in [0.717, 1.165) is 32.6 Å². The van der Waals surface area contributed by atoms with Crippen molar-refractivity contribution in [1.29, 1.82) is 0 Å². The molecule has 0 bridgehead atoms. The van der Waals surface area contributed by atoms with Crippen molar-refractivity contribution in [2.75, 3.05) is 0 Å². The number of carboxylic acid groups (broad SMARTS) is 1. The Bertz CT molecular complexity index is 935. The number of nitrogens with two attached hydrogens (primary N) is 1. The fraction of sp³-hybridized carbons (Fsp3) is 0.235. The van der Waals surface area contributed by atoms with Gasteiger partial charge in [0, 0.05) is 17.3 Å². The van der Waals surface area contributed by atoms with E-state index in [0.29, 0.717) is 12.0 Å². The Morgan fingerprint density at radius 2 is 2.22 bits per heavy atom. The fourth-order valence-corrected chi connectivity index (χ4v) is 4.31. The summed E-state index contributed by atoms with van der Waals surface area (Å²) in [6.45, 7) is 2.06. The highest BCUT2D eigenvalue weighted by Crippen LogP contribution is 2.43. The predicted octanol–water partition coefficient (Wildman–Crippen LogP) is 3.04. The molecule has 116 valence electrons. The molecule has 23 heavy (non-hydrogen) atoms. The SMILES string of the molecule is Cc1csc2ncnc(C3Cc4cc(C(=O)O)ccc4C3N)c12. The van der Waals surface area contributed by atoms with Gasteiger partial charge < -0.3 is 10.8 Å². The summed E-state index contributed by atoms with van der Waals surface area (Å²) in [6.07, 6.45) is 2.30. The molecule has 0 spiro atoms. The first kappa shape index (κ1) is 14.3. The topological polar surface area (TPSA) is 89.1 Å². The molecular formula is C17H15N3O2S. The Kier molecular flexibility index (Phi) is 3.18. The van der Waals surface area contributed by atoms with Crippen molar-refractivity contribution in [3.05, 3.63) is 57.9 Å². The van der Waals surface area contributed by atoms with Crippen LogP contribution in [0.4, 0.5) is 0 Å². The molecule has 3 aromatic rings. The molecule has 4 rings (SSSR count). The highest BCUT2D eigenvalue weighted by atomic mass is 32.1. The lowest BCUT2D eigenvalue weighted by molar-refractivity contribution is 0.0697. The van der Waals surface area contributed by atoms with Crippen molar-refractivity contribution < 1.29 is 9.90 Å². The number of hydrogen-bond donors (Lipinski definition) is 2. The first-order valence-corrected chi connectivity index (χ1v) is 8.24. The molecule has 0 saturated heterocycles. The van der Waals surface area contributed by atoms with Crippen molar-refractivity contribution in [2.45, 2.75) is 25.3 Å². The third-order valence-electron chi connectivity index (χ3n) is 4.56. The molecule has 6 heteroatoms. The van der Waals surface area contributed by atoms with Crippen LogP contribution in [0.5, 0.6) is 0 Å². The van der Waals surface area contributed by atoms with Crippen molar-refractivity contribution >= 4 is 27.5 Å². The number of carboxylic acids is 1. The highest BCUT2D eigenvalue weighted by Gasteiger charge is 2.34. The van der Waals surface area contributed by atoms with E-state index < -0.39 is 5.97 Å². The summed E-state index contributed by atoms with van der Waals surface area (Å²) in [5, 5.41) is 12.3. The lowest BCUT2D eigenvalue weighted by atomic mass is 9.94. The van der Waals surface area contributed by atoms with Crippen LogP contribution in [0.15, 0.2) is 29.9 Å². The zero-order chi connectivity index (χ0) is 16.1. The smallest absolute Gasteiger partial charge is 0.335 e. The zero-order valence-electron chi connectivity index (χ0n) is 12.5. The molecule has 2 unspecified atom stereocenters. The van der Waals surface area contributed by atoms with Gasteiger partial charge in [0.15, 0.2) is 0 Å². The molecule has 0 saturated carbocycles. The Hall–Kier alpha value is -2.31. The summed E-state index contributed by atoms with van der Waals surface area (Å²) in [5.74, 6) is -0.865. The maximum absolute atomic E-state index is 11.2. The lowest BCUT2D eigenvalue weighted by Gasteiger charge is -2.16. The molecule has 1 aromatic carbocycles. The van der Waals surface area contributed by atoms with Crippen LogP contribution >= 0.6 is 11.3 Å². The minimum Gasteiger partial charge on any atom is -0.478 e. The van der Waals surface area contributed by atoms with Crippen LogP contribution in [-0.2, 0) is 6.42 Å². The van der Waals surface area contributed by atoms with Crippen molar-refractivity contribution in [1.82, 2.24) is 9.97 Å². The minimum atomic E-state index is -0.914. The molecule has 0 aliphatic heterocycles. The van der Waals surface area contributed by atoms with Gasteiger partial charge in [-0.25, -0.2) is 14.8 Å². The second-order valence-electron chi connectivity index (χ2n) is 5.91. The Balaban J connectivity index is 1.82. The summed E-state index contributed by atoms with van der Waals surface area (Å²) in [5.41, 5.74) is 10.9. The quantitative estimate of drug-likeness (QED) is 0.756. The maximum Gasteiger partial charge on any atom is 0.335 e. The number of fused-ring (bicyclic) bond motifs is 2. The van der Waals surface area contributed by atoms with Crippen molar-refractivity contribution in [2.24, 2.45) is 5.73 Å². The summed E-state index contributed by atoms with van der Waals surface area (Å²) in [7, 11) is 0. The highest BCUT2D eigenvalue weighted by molar-refractivity contribution is 7.16. The molecule has 2 atom stereocenters. The Morgan fingerprint density at radius 1 is 1.39 bits per heavy atom. The van der Waals surface area contributed by atoms with Crippen molar-refractivity contribution in [3.8, 4) is 0 Å². The summed E-state index contributed by atoms with van der Waals surface area (Å²) < 4.78 is 0. The normalized spacial score (nSPS) is 19.9. The van der Waals surface area contributed by atoms with E-state index in [4.69, 9.17) is 10.8 Å². The second-order valence-corrected chi connectivity index (χ2v) is 6.77. The van der Waals surface area contributed by atoms with Gasteiger partial charge >= 0.3 is 5.97 Å². The number of nitrogens with zero attached hydrogens (tertiary/aromatic N) is 2. The van der Waals surface area contributed by atoms with Crippen LogP contribution in [0.2, 0.25) is 0 Å². The van der Waals surface area contributed by atoms with Gasteiger partial charge in [-0.3, -0.25) is 0 Å². The molecule has 0 fully saturated rings. The van der Waals surface area contributed by atoms with Crippen LogP contribution in [0, 0.1) is 6.92 Å². The van der Waals surface area contributed by atoms with E-state index in [9.17, 15) is 4.79 Å². The van der Waals surface area contributed by atoms with E-state index in [-0.39, 0.29) is 12.0 Å². The van der Waals surface area contributed by atoms with Crippen molar-refractivity contribution in [3.63, 3.8) is 0 Å². The van der Waals surface area contributed by atoms with E-state index in [1.54, 1.807) is 29.8 Å². The number of aryl methyl sites for hydroxylation is 1. The van der Waals surface area contributed by atoms with Crippen LogP contribution in [-0.4, -0.2) is 21.0 Å². The second kappa shape index (κ2) is 5.11. The first-order valence-electron chi connectivity index (χ1n) is 7.36. The van der Waals surface area contributed by atoms with Crippen LogP contribution in [0.25, 0.3) is 10.2 Å². The molecule has 0 radical (unpaired) electrons. The number of rotatable bonds is 2. The van der Waals surface area contributed by atoms with Crippen LogP contribution in [0.1, 0.15) is 44.7 Å². The van der Waals surface area contributed by atoms with Gasteiger partial charge in [-0.05, 0) is 47.5 Å². The third-order valence-corrected chi connectivity index (χ3v) is 5.56. The maximum atomic E-state index is 11.2. The molecule has 1 aliphatic carbocycles. The molecule has 1 aliphatic rings. The Morgan fingerprint density at radius 3 is 3.00 bits per heavy atom. The zero-order valence-corrected chi connectivity index (χ0v) is 13.3. The minimum absolute atomic E-state index is 0.0489. The van der Waals surface area contributed by atoms with Gasteiger partial charge in [0.1, 0.15) is 11.2 Å². The van der Waals surface area contributed by atoms with Gasteiger partial charge in [-0.1, -0.05) is 6.07 Å². The number of benzene rings is 1. The Labute approximate surface area is 136 Å². The molecule has 2 heterocycles. The molecule has 3 N–H and O–H groups in total. The number of hydrogen-bond acceptors (Lipinski definition) is 5. The van der Waals surface area contributed by atoms with Gasteiger partial charge in [0.25, 0.3) is 0 Å². The summed E-state index contributed by atoms with van der Waals surface area (Å²) in [4.78, 5) is 21.0. The lowest BCUT2D eigenvalue weighted by Crippen LogP contribution is -2.16. The number of aromatic nitrogens is 2. The van der Waals surface area contributed by atoms with Gasteiger partial charge in [-0.2, -0.15) is 0 Å². The molecular weight excluding hydrogens is 310 g/mol. The summed E-state index contributed by atoms with van der Waals surface area (Å²) >= 11 is 1.61. The third kappa shape index (κ3) is 2.14. The van der Waals surface area contributed by atoms with Gasteiger partial charge in [0.2, 0.25) is 0 Å². The molecule has 0 amide bonds. The fourth-order valence-electron chi connectivity index (χ4n) is 3.41. The number of aromatic carboxylic acids is 1. The number of thiophene rings is 1. The predicted molar refractivity (Wildman–Crippen MR) is 88.9 cm³/mol. The monoisotopic (exact) mass is 325 g/mol. The molecule has 5 nitrogen and oxygen atoms in total. The van der Waals surface area contributed by atoms with Gasteiger partial charge in [0.05, 0.1) is 11.3 Å². The average molecular weight is 325 g/mol. The summed E-state index contributed by atoms with van der Waals surface area (Å²) in [6, 6.07) is 5.01. The van der Waals surface area contributed by atoms with Crippen LogP contribution in [0.3, 0.4) is 0 Å². The van der Waals surface area contributed by atoms with Gasteiger partial charge in [-0.15, -0.1) is 11.3 Å². The van der Waals surface area contributed by atoms with E-state index in [1.165, 1.54) is 0 Å². The average Bonchev–Trinajstić information content (AvgIpc) is 3.08. The molecule has 2 aromatic heterocycles. The first-order chi connectivity index (χ1) is 11.1. The number of carbonyl (C=O) groups is 1. The standard InChI is InChI=1S/C17H15N3O2S/c1-8-6-23-16-13(8)15(19-7-20-16)12-5-10-4-9(17(21)22)2-3-11(10)14(12)18/h2-4,6-7,12,14H,5,18H2,1H3,(H,21,22). The van der Waals surface area contributed by atoms with E-state index in [1.807, 2.05) is 6.07 Å². The van der Waals surface area contributed by atoms with Crippen LogP contribution < -0.4 is 5.73 Å². The van der Waals surface area contributed by atoms with E-state index in [2.05, 4.69) is 22.3 Å². The van der Waals surface area contributed by atoms with E-state index >= 15 is 0 Å².